The van der Waals surface area contributed by atoms with Gasteiger partial charge in [0.2, 0.25) is 5.91 Å². The van der Waals surface area contributed by atoms with Crippen LogP contribution in [0.2, 0.25) is 0 Å². The Morgan fingerprint density at radius 1 is 1.48 bits per heavy atom. The molecule has 0 aromatic rings. The Balaban J connectivity index is 2.56. The van der Waals surface area contributed by atoms with Crippen LogP contribution in [0.15, 0.2) is 0 Å². The van der Waals surface area contributed by atoms with Gasteiger partial charge in [0.15, 0.2) is 0 Å². The Morgan fingerprint density at radius 2 is 2.14 bits per heavy atom. The van der Waals surface area contributed by atoms with E-state index < -0.39 is 11.5 Å². The van der Waals surface area contributed by atoms with Crippen LogP contribution >= 0.6 is 0 Å². The van der Waals surface area contributed by atoms with Gasteiger partial charge in [0.1, 0.15) is 5.60 Å². The van der Waals surface area contributed by atoms with E-state index in [1.165, 1.54) is 0 Å². The molecule has 1 aliphatic heterocycles. The Hall–Kier alpha value is -1.34. The molecule has 1 rings (SSSR count). The zero-order valence-corrected chi connectivity index (χ0v) is 13.3. The topological polar surface area (TPSA) is 93.9 Å². The van der Waals surface area contributed by atoms with Crippen LogP contribution in [0.4, 0.5) is 4.79 Å². The van der Waals surface area contributed by atoms with Crippen molar-refractivity contribution >= 4 is 12.0 Å². The Morgan fingerprint density at radius 3 is 2.71 bits per heavy atom. The first-order valence-electron chi connectivity index (χ1n) is 7.28. The van der Waals surface area contributed by atoms with Crippen molar-refractivity contribution in [3.05, 3.63) is 0 Å². The van der Waals surface area contributed by atoms with Crippen molar-refractivity contribution < 1.29 is 19.1 Å². The number of nitrogens with two attached hydrogens (primary N) is 1. The van der Waals surface area contributed by atoms with Crippen molar-refractivity contribution in [1.29, 1.82) is 0 Å². The molecule has 2 unspecified atom stereocenters. The second-order valence-electron chi connectivity index (χ2n) is 6.39. The summed E-state index contributed by atoms with van der Waals surface area (Å²) in [4.78, 5) is 24.7. The molecule has 21 heavy (non-hydrogen) atoms. The second-order valence-corrected chi connectivity index (χ2v) is 6.39. The summed E-state index contributed by atoms with van der Waals surface area (Å²) in [6, 6.07) is -0.0156. The van der Waals surface area contributed by atoms with Crippen molar-refractivity contribution in [1.82, 2.24) is 10.2 Å². The third-order valence-corrected chi connectivity index (χ3v) is 3.11. The number of ether oxygens (including phenoxy) is 2. The molecule has 0 aliphatic carbocycles. The first-order valence-corrected chi connectivity index (χ1v) is 7.28. The number of primary amides is 1. The van der Waals surface area contributed by atoms with Crippen molar-refractivity contribution in [2.75, 3.05) is 26.3 Å². The number of nitrogens with one attached hydrogen (secondary N) is 1. The lowest BCUT2D eigenvalue weighted by atomic mass is 10.1. The number of hydrogen-bond donors (Lipinski definition) is 2. The van der Waals surface area contributed by atoms with Crippen LogP contribution in [0.5, 0.6) is 0 Å². The molecule has 3 N–H and O–H groups in total. The van der Waals surface area contributed by atoms with Gasteiger partial charge in [-0.2, -0.15) is 0 Å². The van der Waals surface area contributed by atoms with E-state index in [2.05, 4.69) is 5.32 Å². The van der Waals surface area contributed by atoms with Crippen LogP contribution in [0.1, 0.15) is 34.1 Å². The first-order chi connectivity index (χ1) is 9.69. The number of nitrogens with zero attached hydrogens (tertiary/aromatic N) is 1. The molecule has 2 atom stereocenters. The molecule has 0 radical (unpaired) electrons. The summed E-state index contributed by atoms with van der Waals surface area (Å²) in [5, 5.41) is 3.03. The molecule has 1 heterocycles. The van der Waals surface area contributed by atoms with Crippen molar-refractivity contribution in [3.63, 3.8) is 0 Å². The van der Waals surface area contributed by atoms with Crippen LogP contribution in [0, 0.1) is 0 Å². The van der Waals surface area contributed by atoms with E-state index in [0.29, 0.717) is 26.2 Å². The molecule has 2 amide bonds. The lowest BCUT2D eigenvalue weighted by Crippen LogP contribution is -2.52. The van der Waals surface area contributed by atoms with Crippen LogP contribution in [0.3, 0.4) is 0 Å². The van der Waals surface area contributed by atoms with E-state index in [-0.39, 0.29) is 24.7 Å². The summed E-state index contributed by atoms with van der Waals surface area (Å²) < 4.78 is 10.9. The quantitative estimate of drug-likeness (QED) is 0.770. The minimum atomic E-state index is -0.518. The predicted molar refractivity (Wildman–Crippen MR) is 78.8 cm³/mol. The maximum atomic E-state index is 12.2. The monoisotopic (exact) mass is 301 g/mol. The van der Waals surface area contributed by atoms with Crippen LogP contribution in [0.25, 0.3) is 0 Å². The summed E-state index contributed by atoms with van der Waals surface area (Å²) in [5.74, 6) is -0.397. The molecule has 7 nitrogen and oxygen atoms in total. The third-order valence-electron chi connectivity index (χ3n) is 3.11. The lowest BCUT2D eigenvalue weighted by Gasteiger charge is -2.37. The highest BCUT2D eigenvalue weighted by atomic mass is 16.6. The Labute approximate surface area is 126 Å². The lowest BCUT2D eigenvalue weighted by molar-refractivity contribution is -0.117. The summed E-state index contributed by atoms with van der Waals surface area (Å²) >= 11 is 0. The van der Waals surface area contributed by atoms with E-state index in [1.54, 1.807) is 4.90 Å². The molecular formula is C14H27N3O4. The molecule has 0 saturated carbocycles. The van der Waals surface area contributed by atoms with Gasteiger partial charge in [0.05, 0.1) is 25.8 Å². The third kappa shape index (κ3) is 6.77. The maximum Gasteiger partial charge on any atom is 0.410 e. The van der Waals surface area contributed by atoms with Gasteiger partial charge in [0, 0.05) is 12.6 Å². The van der Waals surface area contributed by atoms with Crippen molar-refractivity contribution in [2.45, 2.75) is 51.8 Å². The van der Waals surface area contributed by atoms with Crippen LogP contribution in [-0.4, -0.2) is 60.9 Å². The number of morpholine rings is 1. The van der Waals surface area contributed by atoms with E-state index >= 15 is 0 Å². The molecule has 7 heteroatoms. The van der Waals surface area contributed by atoms with Crippen molar-refractivity contribution in [3.8, 4) is 0 Å². The summed E-state index contributed by atoms with van der Waals surface area (Å²) in [5.41, 5.74) is 4.59. The number of carbonyl (C=O) groups excluding carboxylic acids is 2. The summed E-state index contributed by atoms with van der Waals surface area (Å²) in [7, 11) is 0. The zero-order chi connectivity index (χ0) is 16.0. The second kappa shape index (κ2) is 7.61. The smallest absolute Gasteiger partial charge is 0.410 e. The predicted octanol–water partition coefficient (Wildman–Crippen LogP) is 0.476. The van der Waals surface area contributed by atoms with E-state index in [4.69, 9.17) is 15.2 Å². The zero-order valence-electron chi connectivity index (χ0n) is 13.3. The summed E-state index contributed by atoms with van der Waals surface area (Å²) in [6.07, 6.45) is 0.352. The molecule has 0 aromatic heterocycles. The molecule has 0 aromatic carbocycles. The van der Waals surface area contributed by atoms with Crippen LogP contribution < -0.4 is 11.1 Å². The fraction of sp³-hybridized carbons (Fsp3) is 0.857. The highest BCUT2D eigenvalue weighted by Gasteiger charge is 2.31. The highest BCUT2D eigenvalue weighted by Crippen LogP contribution is 2.17. The van der Waals surface area contributed by atoms with Gasteiger partial charge >= 0.3 is 6.09 Å². The number of hydrogen-bond acceptors (Lipinski definition) is 5. The molecule has 122 valence electrons. The van der Waals surface area contributed by atoms with Gasteiger partial charge < -0.3 is 25.4 Å². The van der Waals surface area contributed by atoms with Gasteiger partial charge in [-0.15, -0.1) is 0 Å². The molecule has 1 aliphatic rings. The number of carbonyl (C=O) groups is 2. The van der Waals surface area contributed by atoms with Crippen molar-refractivity contribution in [2.24, 2.45) is 5.73 Å². The normalized spacial score (nSPS) is 21.0. The fourth-order valence-electron chi connectivity index (χ4n) is 2.18. The van der Waals surface area contributed by atoms with Gasteiger partial charge in [0.25, 0.3) is 0 Å². The Bertz CT molecular complexity index is 368. The van der Waals surface area contributed by atoms with Gasteiger partial charge in [-0.3, -0.25) is 4.79 Å². The standard InChI is InChI=1S/C14H27N3O4/c1-10(16-8-12(15)18)7-11-9-20-6-5-17(11)13(19)21-14(2,3)4/h10-11,16H,5-9H2,1-4H3,(H2,15,18). The number of rotatable bonds is 5. The SMILES string of the molecule is CC(CC1COCCN1C(=O)OC(C)(C)C)NCC(N)=O. The fourth-order valence-corrected chi connectivity index (χ4v) is 2.18. The van der Waals surface area contributed by atoms with Gasteiger partial charge in [-0.05, 0) is 34.1 Å². The molecule has 0 spiro atoms. The van der Waals surface area contributed by atoms with E-state index in [1.807, 2.05) is 27.7 Å². The molecular weight excluding hydrogens is 274 g/mol. The largest absolute Gasteiger partial charge is 0.444 e. The average molecular weight is 301 g/mol. The average Bonchev–Trinajstić information content (AvgIpc) is 2.35. The van der Waals surface area contributed by atoms with Crippen LogP contribution in [-0.2, 0) is 14.3 Å². The summed E-state index contributed by atoms with van der Waals surface area (Å²) in [6.45, 7) is 9.11. The van der Waals surface area contributed by atoms with E-state index in [0.717, 1.165) is 0 Å². The minimum absolute atomic E-state index is 0.0501. The molecule has 1 fully saturated rings. The van der Waals surface area contributed by atoms with Gasteiger partial charge in [-0.1, -0.05) is 0 Å². The molecule has 0 bridgehead atoms. The first kappa shape index (κ1) is 17.7. The van der Waals surface area contributed by atoms with Gasteiger partial charge in [-0.25, -0.2) is 4.79 Å². The minimum Gasteiger partial charge on any atom is -0.444 e. The van der Waals surface area contributed by atoms with E-state index in [9.17, 15) is 9.59 Å². The maximum absolute atomic E-state index is 12.2. The molecule has 1 saturated heterocycles. The Kier molecular flexibility index (Phi) is 6.42. The highest BCUT2D eigenvalue weighted by molar-refractivity contribution is 5.75. The number of amides is 2.